The van der Waals surface area contributed by atoms with Gasteiger partial charge in [-0.05, 0) is 0 Å². The molecule has 38 heavy (non-hydrogen) atoms. The molecule has 206 valence electrons. The SMILES string of the molecule is COC1C2OC3(C)OC1C1OC(c4ccc(C5OC6C7OC8(C)OC(C7OC)C(O5)C6O8)cc4)OC2C1O3. The van der Waals surface area contributed by atoms with Crippen LogP contribution in [0, 0.1) is 0 Å². The van der Waals surface area contributed by atoms with E-state index in [0.717, 1.165) is 11.1 Å². The monoisotopic (exact) mass is 534 g/mol. The molecule has 8 aliphatic heterocycles. The van der Waals surface area contributed by atoms with E-state index in [9.17, 15) is 0 Å². The third-order valence-electron chi connectivity index (χ3n) is 9.13. The Hall–Kier alpha value is -1.26. The van der Waals surface area contributed by atoms with Gasteiger partial charge in [0.05, 0.1) is 0 Å². The van der Waals surface area contributed by atoms with Crippen molar-refractivity contribution < 1.29 is 56.8 Å². The molecule has 0 aromatic heterocycles. The molecule has 12 nitrogen and oxygen atoms in total. The van der Waals surface area contributed by atoms with Crippen LogP contribution in [0.15, 0.2) is 24.3 Å². The standard InChI is InChI=1S/C26H30O12/c1-25-33-17-11(27-3)18(34-25)14-21(37-25)13(17)29-23(30-14)9-5-7-10(8-6-9)24-31-15-19-12(28-4)20-16(32-24)22(15)38-26(2,35-19)36-20/h5-8,11-24H,1-4H3. The van der Waals surface area contributed by atoms with Crippen LogP contribution >= 0.6 is 0 Å². The highest BCUT2D eigenvalue weighted by Crippen LogP contribution is 2.54. The topological polar surface area (TPSA) is 111 Å². The maximum absolute atomic E-state index is 6.37. The zero-order valence-electron chi connectivity index (χ0n) is 21.3. The first kappa shape index (κ1) is 23.4. The van der Waals surface area contributed by atoms with Crippen molar-refractivity contribution in [3.05, 3.63) is 35.4 Å². The molecule has 1 aromatic carbocycles. The van der Waals surface area contributed by atoms with Gasteiger partial charge in [-0.3, -0.25) is 0 Å². The Kier molecular flexibility index (Phi) is 4.76. The van der Waals surface area contributed by atoms with Crippen LogP contribution in [-0.4, -0.2) is 99.4 Å². The molecule has 0 amide bonds. The van der Waals surface area contributed by atoms with Crippen molar-refractivity contribution in [2.24, 2.45) is 0 Å². The highest BCUT2D eigenvalue weighted by atomic mass is 16.9. The summed E-state index contributed by atoms with van der Waals surface area (Å²) in [5.74, 6) is -2.19. The van der Waals surface area contributed by atoms with E-state index in [0.29, 0.717) is 0 Å². The molecule has 1 aromatic rings. The lowest BCUT2D eigenvalue weighted by atomic mass is 9.80. The minimum Gasteiger partial charge on any atom is -0.376 e. The molecule has 0 radical (unpaired) electrons. The zero-order valence-corrected chi connectivity index (χ0v) is 21.3. The fourth-order valence-electron chi connectivity index (χ4n) is 7.61. The van der Waals surface area contributed by atoms with E-state index in [4.69, 9.17) is 56.8 Å². The number of rotatable bonds is 4. The Morgan fingerprint density at radius 2 is 0.763 bits per heavy atom. The summed E-state index contributed by atoms with van der Waals surface area (Å²) in [5, 5.41) is 0. The zero-order chi connectivity index (χ0) is 25.6. The fourth-order valence-corrected chi connectivity index (χ4v) is 7.61. The second-order valence-electron chi connectivity index (χ2n) is 11.4. The van der Waals surface area contributed by atoms with E-state index in [1.54, 1.807) is 28.1 Å². The fraction of sp³-hybridized carbons (Fsp3) is 0.769. The summed E-state index contributed by atoms with van der Waals surface area (Å²) in [7, 11) is 3.30. The lowest BCUT2D eigenvalue weighted by molar-refractivity contribution is -0.560. The van der Waals surface area contributed by atoms with Gasteiger partial charge in [-0.25, -0.2) is 0 Å². The van der Waals surface area contributed by atoms with Gasteiger partial charge >= 0.3 is 0 Å². The van der Waals surface area contributed by atoms with Crippen molar-refractivity contribution in [2.75, 3.05) is 14.2 Å². The molecule has 8 heterocycles. The van der Waals surface area contributed by atoms with Crippen LogP contribution in [0.25, 0.3) is 0 Å². The predicted molar refractivity (Wildman–Crippen MR) is 119 cm³/mol. The summed E-state index contributed by atoms with van der Waals surface area (Å²) >= 11 is 0. The maximum atomic E-state index is 6.37. The van der Waals surface area contributed by atoms with Gasteiger partial charge in [0.2, 0.25) is 0 Å². The average molecular weight is 535 g/mol. The molecule has 0 spiro atoms. The van der Waals surface area contributed by atoms with Crippen LogP contribution in [0.4, 0.5) is 0 Å². The van der Waals surface area contributed by atoms with E-state index in [2.05, 4.69) is 0 Å². The van der Waals surface area contributed by atoms with E-state index in [1.807, 2.05) is 24.3 Å². The Morgan fingerprint density at radius 1 is 0.474 bits per heavy atom. The van der Waals surface area contributed by atoms with Crippen LogP contribution in [0.3, 0.4) is 0 Å². The first-order valence-electron chi connectivity index (χ1n) is 13.2. The molecule has 8 atom stereocenters. The minimum atomic E-state index is -1.09. The smallest absolute Gasteiger partial charge is 0.281 e. The molecule has 2 aliphatic carbocycles. The quantitative estimate of drug-likeness (QED) is 0.550. The van der Waals surface area contributed by atoms with Gasteiger partial charge in [-0.15, -0.1) is 0 Å². The lowest BCUT2D eigenvalue weighted by Crippen LogP contribution is -2.80. The summed E-state index contributed by atoms with van der Waals surface area (Å²) in [4.78, 5) is 0. The Morgan fingerprint density at radius 3 is 1.05 bits per heavy atom. The van der Waals surface area contributed by atoms with Crippen molar-refractivity contribution in [3.8, 4) is 0 Å². The van der Waals surface area contributed by atoms with Crippen LogP contribution < -0.4 is 0 Å². The molecule has 10 aliphatic rings. The third-order valence-corrected chi connectivity index (χ3v) is 9.13. The van der Waals surface area contributed by atoms with Crippen LogP contribution in [0.5, 0.6) is 0 Å². The van der Waals surface area contributed by atoms with Gasteiger partial charge in [0.1, 0.15) is 73.2 Å². The number of methoxy groups -OCH3 is 2. The van der Waals surface area contributed by atoms with Gasteiger partial charge in [-0.1, -0.05) is 24.3 Å². The first-order chi connectivity index (χ1) is 18.4. The number of hydrogen-bond acceptors (Lipinski definition) is 12. The van der Waals surface area contributed by atoms with Crippen molar-refractivity contribution in [1.82, 2.24) is 0 Å². The van der Waals surface area contributed by atoms with Gasteiger partial charge < -0.3 is 56.8 Å². The molecule has 11 rings (SSSR count). The van der Waals surface area contributed by atoms with Crippen LogP contribution in [-0.2, 0) is 56.8 Å². The highest BCUT2D eigenvalue weighted by molar-refractivity contribution is 5.26. The van der Waals surface area contributed by atoms with Gasteiger partial charge in [0.25, 0.3) is 11.9 Å². The molecule has 0 N–H and O–H groups in total. The summed E-state index contributed by atoms with van der Waals surface area (Å²) in [6.45, 7) is 3.55. The molecule has 12 bridgehead atoms. The normalized spacial score (nSPS) is 58.9. The Bertz CT molecular complexity index is 995. The van der Waals surface area contributed by atoms with Crippen molar-refractivity contribution >= 4 is 0 Å². The first-order valence-corrected chi connectivity index (χ1v) is 13.2. The van der Waals surface area contributed by atoms with Gasteiger partial charge in [0, 0.05) is 39.2 Å². The number of benzene rings is 1. The van der Waals surface area contributed by atoms with Gasteiger partial charge in [-0.2, -0.15) is 0 Å². The molecule has 8 saturated heterocycles. The summed E-state index contributed by atoms with van der Waals surface area (Å²) in [6, 6.07) is 7.82. The van der Waals surface area contributed by atoms with Crippen molar-refractivity contribution in [3.63, 3.8) is 0 Å². The lowest BCUT2D eigenvalue weighted by Gasteiger charge is -2.64. The van der Waals surface area contributed by atoms with Crippen molar-refractivity contribution in [1.29, 1.82) is 0 Å². The summed E-state index contributed by atoms with van der Waals surface area (Å²) in [6.07, 6.45) is -4.88. The second kappa shape index (κ2) is 7.72. The van der Waals surface area contributed by atoms with E-state index >= 15 is 0 Å². The number of hydrogen-bond donors (Lipinski definition) is 0. The minimum absolute atomic E-state index is 0.279. The van der Waals surface area contributed by atoms with E-state index < -0.39 is 24.5 Å². The van der Waals surface area contributed by atoms with Crippen LogP contribution in [0.1, 0.15) is 37.6 Å². The van der Waals surface area contributed by atoms with Crippen LogP contribution in [0.2, 0.25) is 0 Å². The Labute approximate surface area is 218 Å². The summed E-state index contributed by atoms with van der Waals surface area (Å²) < 4.78 is 73.2. The van der Waals surface area contributed by atoms with E-state index in [1.165, 1.54) is 0 Å². The second-order valence-corrected chi connectivity index (χ2v) is 11.4. The molecular weight excluding hydrogens is 504 g/mol. The maximum Gasteiger partial charge on any atom is 0.281 e. The number of ether oxygens (including phenoxy) is 12. The average Bonchev–Trinajstić information content (AvgIpc) is 2.90. The van der Waals surface area contributed by atoms with Crippen molar-refractivity contribution in [2.45, 2.75) is 112 Å². The summed E-state index contributed by atoms with van der Waals surface area (Å²) in [5.41, 5.74) is 1.72. The molecule has 12 heteroatoms. The molecule has 8 unspecified atom stereocenters. The highest BCUT2D eigenvalue weighted by Gasteiger charge is 2.71. The Balaban J connectivity index is 0.949. The molecular formula is C26H30O12. The molecule has 10 fully saturated rings. The van der Waals surface area contributed by atoms with Gasteiger partial charge in [0.15, 0.2) is 12.6 Å². The predicted octanol–water partition coefficient (Wildman–Crippen LogP) is 1.02. The largest absolute Gasteiger partial charge is 0.376 e. The van der Waals surface area contributed by atoms with E-state index in [-0.39, 0.29) is 73.2 Å². The molecule has 2 saturated carbocycles. The third kappa shape index (κ3) is 3.00.